The highest BCUT2D eigenvalue weighted by atomic mass is 15.4. The van der Waals surface area contributed by atoms with E-state index in [2.05, 4.69) is 21.2 Å². The molecule has 1 aromatic carbocycles. The highest BCUT2D eigenvalue weighted by molar-refractivity contribution is 5.88. The highest BCUT2D eigenvalue weighted by Crippen LogP contribution is 2.28. The van der Waals surface area contributed by atoms with Crippen LogP contribution in [0.15, 0.2) is 40.7 Å². The van der Waals surface area contributed by atoms with Gasteiger partial charge in [-0.25, -0.2) is 5.43 Å². The van der Waals surface area contributed by atoms with Crippen molar-refractivity contribution < 1.29 is 0 Å². The summed E-state index contributed by atoms with van der Waals surface area (Å²) in [6, 6.07) is 7.99. The molecule has 0 bridgehead atoms. The van der Waals surface area contributed by atoms with Gasteiger partial charge in [0.1, 0.15) is 5.82 Å². The lowest BCUT2D eigenvalue weighted by Gasteiger charge is -2.08. The van der Waals surface area contributed by atoms with Crippen molar-refractivity contribution in [3.63, 3.8) is 0 Å². The van der Waals surface area contributed by atoms with Gasteiger partial charge in [-0.3, -0.25) is 4.99 Å². The summed E-state index contributed by atoms with van der Waals surface area (Å²) in [5.74, 6) is 0.999. The first kappa shape index (κ1) is 7.58. The van der Waals surface area contributed by atoms with Crippen LogP contribution in [0.25, 0.3) is 0 Å². The smallest absolute Gasteiger partial charge is 0.124 e. The minimum Gasteiger partial charge on any atom is -0.339 e. The Kier molecular flexibility index (Phi) is 1.54. The molecule has 0 atom stereocenters. The molecule has 3 N–H and O–H groups in total. The maximum atomic E-state index is 4.40. The molecule has 0 aliphatic carbocycles. The number of benzene rings is 1. The van der Waals surface area contributed by atoms with E-state index in [9.17, 15) is 0 Å². The first-order chi connectivity index (χ1) is 6.93. The topological polar surface area (TPSA) is 48.5 Å². The number of hydrogen-bond acceptors (Lipinski definition) is 4. The van der Waals surface area contributed by atoms with E-state index in [1.54, 1.807) is 0 Å². The predicted octanol–water partition coefficient (Wildman–Crippen LogP) is 1.13. The average Bonchev–Trinajstić information content (AvgIpc) is 2.58. The average molecular weight is 186 g/mol. The molecule has 2 aliphatic heterocycles. The monoisotopic (exact) mass is 186 g/mol. The molecule has 0 radical (unpaired) electrons. The van der Waals surface area contributed by atoms with E-state index in [-0.39, 0.29) is 0 Å². The minimum atomic E-state index is 0.805. The summed E-state index contributed by atoms with van der Waals surface area (Å²) >= 11 is 0. The van der Waals surface area contributed by atoms with Gasteiger partial charge in [-0.15, -0.1) is 0 Å². The second kappa shape index (κ2) is 2.85. The van der Waals surface area contributed by atoms with Gasteiger partial charge in [0, 0.05) is 18.3 Å². The second-order valence-corrected chi connectivity index (χ2v) is 3.28. The van der Waals surface area contributed by atoms with E-state index in [1.165, 1.54) is 0 Å². The first-order valence-electron chi connectivity index (χ1n) is 4.55. The van der Waals surface area contributed by atoms with Crippen molar-refractivity contribution in [2.75, 3.05) is 11.9 Å². The molecule has 0 aromatic heterocycles. The molecule has 2 aliphatic rings. The van der Waals surface area contributed by atoms with E-state index in [0.29, 0.717) is 0 Å². The lowest BCUT2D eigenvalue weighted by Crippen LogP contribution is -2.26. The van der Waals surface area contributed by atoms with Crippen LogP contribution in [-0.4, -0.2) is 12.8 Å². The molecule has 0 saturated heterocycles. The summed E-state index contributed by atoms with van der Waals surface area (Å²) in [7, 11) is 0. The number of rotatable bonds is 0. The van der Waals surface area contributed by atoms with Crippen LogP contribution in [0.4, 0.5) is 11.4 Å². The quantitative estimate of drug-likeness (QED) is 0.569. The van der Waals surface area contributed by atoms with Crippen molar-refractivity contribution >= 4 is 17.6 Å². The zero-order valence-corrected chi connectivity index (χ0v) is 7.54. The number of hydrogen-bond donors (Lipinski definition) is 3. The van der Waals surface area contributed by atoms with Crippen molar-refractivity contribution in [1.82, 2.24) is 10.9 Å². The number of hydrazine groups is 1. The number of fused-ring (bicyclic) bond motifs is 1. The molecule has 0 fully saturated rings. The molecule has 70 valence electrons. The van der Waals surface area contributed by atoms with Crippen LogP contribution < -0.4 is 16.2 Å². The largest absolute Gasteiger partial charge is 0.339 e. The molecule has 14 heavy (non-hydrogen) atoms. The molecule has 0 saturated carbocycles. The Morgan fingerprint density at radius 3 is 3.14 bits per heavy atom. The van der Waals surface area contributed by atoms with E-state index in [0.717, 1.165) is 29.3 Å². The van der Waals surface area contributed by atoms with Gasteiger partial charge < -0.3 is 10.7 Å². The molecular weight excluding hydrogens is 176 g/mol. The summed E-state index contributed by atoms with van der Waals surface area (Å²) in [5.41, 5.74) is 9.27. The van der Waals surface area contributed by atoms with E-state index in [4.69, 9.17) is 0 Å². The maximum absolute atomic E-state index is 4.40. The molecule has 0 amide bonds. The Bertz CT molecular complexity index is 434. The van der Waals surface area contributed by atoms with Gasteiger partial charge in [-0.1, -0.05) is 12.1 Å². The van der Waals surface area contributed by atoms with Gasteiger partial charge in [0.15, 0.2) is 0 Å². The summed E-state index contributed by atoms with van der Waals surface area (Å²) in [6.07, 6.45) is 1.89. The first-order valence-corrected chi connectivity index (χ1v) is 4.55. The Hall–Kier alpha value is -1.81. The molecule has 0 unspecified atom stereocenters. The lowest BCUT2D eigenvalue weighted by molar-refractivity contribution is 0.701. The van der Waals surface area contributed by atoms with Gasteiger partial charge in [0.25, 0.3) is 0 Å². The Morgan fingerprint density at radius 2 is 2.14 bits per heavy atom. The highest BCUT2D eigenvalue weighted by Gasteiger charge is 2.15. The van der Waals surface area contributed by atoms with Gasteiger partial charge in [-0.2, -0.15) is 0 Å². The standard InChI is InChI=1S/C10H10N4/c1-2-4-9-8(3-1)11-5-7-6-12-14-10(7)13-9/h1-5,12-14H,6H2. The Labute approximate surface area is 81.7 Å². The fraction of sp³-hybridized carbons (Fsp3) is 0.100. The van der Waals surface area contributed by atoms with E-state index in [1.807, 2.05) is 30.5 Å². The number of anilines is 1. The summed E-state index contributed by atoms with van der Waals surface area (Å²) in [5, 5.41) is 3.30. The van der Waals surface area contributed by atoms with Gasteiger partial charge in [0.05, 0.1) is 11.4 Å². The third kappa shape index (κ3) is 1.08. The fourth-order valence-electron chi connectivity index (χ4n) is 1.59. The SMILES string of the molecule is C1=Nc2ccccc2NC2=C1CNN2. The number of para-hydroxylation sites is 2. The normalized spacial score (nSPS) is 18.0. The van der Waals surface area contributed by atoms with Crippen LogP contribution in [0.1, 0.15) is 0 Å². The molecule has 2 heterocycles. The van der Waals surface area contributed by atoms with Crippen molar-refractivity contribution in [2.45, 2.75) is 0 Å². The van der Waals surface area contributed by atoms with Crippen molar-refractivity contribution in [3.05, 3.63) is 35.7 Å². The van der Waals surface area contributed by atoms with Crippen molar-refractivity contribution in [1.29, 1.82) is 0 Å². The van der Waals surface area contributed by atoms with E-state index >= 15 is 0 Å². The Morgan fingerprint density at radius 1 is 1.21 bits per heavy atom. The lowest BCUT2D eigenvalue weighted by atomic mass is 10.3. The number of aliphatic imine (C=N–C) groups is 1. The van der Waals surface area contributed by atoms with Crippen LogP contribution >= 0.6 is 0 Å². The zero-order chi connectivity index (χ0) is 9.38. The second-order valence-electron chi connectivity index (χ2n) is 3.28. The zero-order valence-electron chi connectivity index (χ0n) is 7.54. The number of nitrogens with one attached hydrogen (secondary N) is 3. The van der Waals surface area contributed by atoms with Gasteiger partial charge >= 0.3 is 0 Å². The van der Waals surface area contributed by atoms with Crippen LogP contribution in [0.3, 0.4) is 0 Å². The minimum absolute atomic E-state index is 0.805. The van der Waals surface area contributed by atoms with Gasteiger partial charge in [-0.05, 0) is 12.1 Å². The van der Waals surface area contributed by atoms with E-state index < -0.39 is 0 Å². The summed E-state index contributed by atoms with van der Waals surface area (Å²) in [6.45, 7) is 0.805. The van der Waals surface area contributed by atoms with Crippen molar-refractivity contribution in [2.24, 2.45) is 4.99 Å². The van der Waals surface area contributed by atoms with Crippen LogP contribution in [0.5, 0.6) is 0 Å². The summed E-state index contributed by atoms with van der Waals surface area (Å²) in [4.78, 5) is 4.40. The molecule has 4 nitrogen and oxygen atoms in total. The predicted molar refractivity (Wildman–Crippen MR) is 56.4 cm³/mol. The Balaban J connectivity index is 2.09. The molecule has 1 aromatic rings. The van der Waals surface area contributed by atoms with Crippen molar-refractivity contribution in [3.8, 4) is 0 Å². The molecule has 4 heteroatoms. The fourth-order valence-corrected chi connectivity index (χ4v) is 1.59. The molecule has 3 rings (SSSR count). The molecular formula is C10H10N4. The van der Waals surface area contributed by atoms with Crippen LogP contribution in [-0.2, 0) is 0 Å². The van der Waals surface area contributed by atoms with Crippen LogP contribution in [0, 0.1) is 0 Å². The molecule has 0 spiro atoms. The number of nitrogens with zero attached hydrogens (tertiary/aromatic N) is 1. The summed E-state index contributed by atoms with van der Waals surface area (Å²) < 4.78 is 0. The maximum Gasteiger partial charge on any atom is 0.124 e. The van der Waals surface area contributed by atoms with Gasteiger partial charge in [0.2, 0.25) is 0 Å². The third-order valence-electron chi connectivity index (χ3n) is 2.34. The van der Waals surface area contributed by atoms with Crippen LogP contribution in [0.2, 0.25) is 0 Å². The third-order valence-corrected chi connectivity index (χ3v) is 2.34.